The van der Waals surface area contributed by atoms with E-state index in [1.54, 1.807) is 0 Å². The number of benzene rings is 2. The maximum absolute atomic E-state index is 13.0. The van der Waals surface area contributed by atoms with Gasteiger partial charge in [0.25, 0.3) is 0 Å². The SMILES string of the molecule is OC(CCc1ccccc1)c1cc(F)cc(F)c1. The van der Waals surface area contributed by atoms with Crippen molar-refractivity contribution in [1.82, 2.24) is 0 Å². The fourth-order valence-corrected chi connectivity index (χ4v) is 1.88. The summed E-state index contributed by atoms with van der Waals surface area (Å²) >= 11 is 0. The van der Waals surface area contributed by atoms with Crippen LogP contribution in [-0.2, 0) is 6.42 Å². The summed E-state index contributed by atoms with van der Waals surface area (Å²) in [5, 5.41) is 9.90. The number of hydrogen-bond acceptors (Lipinski definition) is 1. The molecule has 0 fully saturated rings. The lowest BCUT2D eigenvalue weighted by molar-refractivity contribution is 0.167. The molecule has 18 heavy (non-hydrogen) atoms. The van der Waals surface area contributed by atoms with Crippen LogP contribution in [0.4, 0.5) is 8.78 Å². The Balaban J connectivity index is 2.01. The molecule has 0 spiro atoms. The molecule has 0 bridgehead atoms. The third kappa shape index (κ3) is 3.37. The topological polar surface area (TPSA) is 20.2 Å². The quantitative estimate of drug-likeness (QED) is 0.876. The molecule has 0 aliphatic heterocycles. The van der Waals surface area contributed by atoms with Gasteiger partial charge in [-0.25, -0.2) is 8.78 Å². The van der Waals surface area contributed by atoms with Crippen molar-refractivity contribution < 1.29 is 13.9 Å². The summed E-state index contributed by atoms with van der Waals surface area (Å²) in [6.45, 7) is 0. The highest BCUT2D eigenvalue weighted by Gasteiger charge is 2.10. The van der Waals surface area contributed by atoms with Crippen molar-refractivity contribution in [2.75, 3.05) is 0 Å². The Hall–Kier alpha value is -1.74. The molecule has 0 aromatic heterocycles. The van der Waals surface area contributed by atoms with Crippen LogP contribution in [0.15, 0.2) is 48.5 Å². The number of rotatable bonds is 4. The van der Waals surface area contributed by atoms with Gasteiger partial charge in [-0.15, -0.1) is 0 Å². The van der Waals surface area contributed by atoms with Crippen LogP contribution in [0.3, 0.4) is 0 Å². The molecule has 0 saturated heterocycles. The van der Waals surface area contributed by atoms with Gasteiger partial charge in [0.15, 0.2) is 0 Å². The van der Waals surface area contributed by atoms with Crippen molar-refractivity contribution in [3.05, 3.63) is 71.3 Å². The smallest absolute Gasteiger partial charge is 0.126 e. The van der Waals surface area contributed by atoms with Crippen molar-refractivity contribution >= 4 is 0 Å². The fourth-order valence-electron chi connectivity index (χ4n) is 1.88. The van der Waals surface area contributed by atoms with Gasteiger partial charge in [0.2, 0.25) is 0 Å². The molecule has 2 aromatic rings. The molecule has 2 aromatic carbocycles. The highest BCUT2D eigenvalue weighted by molar-refractivity contribution is 5.21. The van der Waals surface area contributed by atoms with Crippen LogP contribution in [-0.4, -0.2) is 5.11 Å². The van der Waals surface area contributed by atoms with Crippen LogP contribution in [0.5, 0.6) is 0 Å². The van der Waals surface area contributed by atoms with Crippen molar-refractivity contribution in [1.29, 1.82) is 0 Å². The minimum absolute atomic E-state index is 0.281. The molecule has 0 saturated carbocycles. The number of hydrogen-bond donors (Lipinski definition) is 1. The van der Waals surface area contributed by atoms with Gasteiger partial charge in [-0.2, -0.15) is 0 Å². The first-order chi connectivity index (χ1) is 8.65. The van der Waals surface area contributed by atoms with Crippen molar-refractivity contribution in [2.45, 2.75) is 18.9 Å². The first-order valence-corrected chi connectivity index (χ1v) is 5.83. The molecular weight excluding hydrogens is 234 g/mol. The summed E-state index contributed by atoms with van der Waals surface area (Å²) in [5.74, 6) is -1.33. The highest BCUT2D eigenvalue weighted by atomic mass is 19.1. The van der Waals surface area contributed by atoms with Gasteiger partial charge in [0.1, 0.15) is 11.6 Å². The maximum Gasteiger partial charge on any atom is 0.126 e. The molecule has 94 valence electrons. The zero-order valence-corrected chi connectivity index (χ0v) is 9.81. The molecule has 1 atom stereocenters. The van der Waals surface area contributed by atoms with Gasteiger partial charge in [0, 0.05) is 6.07 Å². The minimum atomic E-state index is -0.851. The lowest BCUT2D eigenvalue weighted by Gasteiger charge is -2.11. The van der Waals surface area contributed by atoms with Crippen molar-refractivity contribution in [2.24, 2.45) is 0 Å². The monoisotopic (exact) mass is 248 g/mol. The second kappa shape index (κ2) is 5.74. The molecule has 0 amide bonds. The molecule has 1 nitrogen and oxygen atoms in total. The van der Waals surface area contributed by atoms with Gasteiger partial charge >= 0.3 is 0 Å². The van der Waals surface area contributed by atoms with E-state index in [-0.39, 0.29) is 5.56 Å². The van der Waals surface area contributed by atoms with Gasteiger partial charge in [-0.1, -0.05) is 30.3 Å². The summed E-state index contributed by atoms with van der Waals surface area (Å²) in [6.07, 6.45) is 0.253. The molecular formula is C15H14F2O. The average molecular weight is 248 g/mol. The Morgan fingerprint density at radius 2 is 1.56 bits per heavy atom. The summed E-state index contributed by atoms with van der Waals surface area (Å²) in [5.41, 5.74) is 1.37. The third-order valence-corrected chi connectivity index (χ3v) is 2.82. The number of aryl methyl sites for hydroxylation is 1. The Kier molecular flexibility index (Phi) is 4.05. The molecule has 0 aliphatic rings. The fraction of sp³-hybridized carbons (Fsp3) is 0.200. The molecule has 0 radical (unpaired) electrons. The van der Waals surface area contributed by atoms with Crippen LogP contribution in [0.2, 0.25) is 0 Å². The summed E-state index contributed by atoms with van der Waals surface area (Å²) < 4.78 is 26.0. The molecule has 2 rings (SSSR count). The lowest BCUT2D eigenvalue weighted by atomic mass is 10.0. The number of aliphatic hydroxyl groups is 1. The Morgan fingerprint density at radius 3 is 2.17 bits per heavy atom. The summed E-state index contributed by atoms with van der Waals surface area (Å²) in [4.78, 5) is 0. The molecule has 1 N–H and O–H groups in total. The van der Waals surface area contributed by atoms with Crippen molar-refractivity contribution in [3.8, 4) is 0 Å². The average Bonchev–Trinajstić information content (AvgIpc) is 2.36. The molecule has 0 heterocycles. The number of halogens is 2. The first kappa shape index (κ1) is 12.7. The standard InChI is InChI=1S/C15H14F2O/c16-13-8-12(9-14(17)10-13)15(18)7-6-11-4-2-1-3-5-11/h1-5,8-10,15,18H,6-7H2. The van der Waals surface area contributed by atoms with Crippen LogP contribution in [0, 0.1) is 11.6 Å². The first-order valence-electron chi connectivity index (χ1n) is 5.83. The van der Waals surface area contributed by atoms with E-state index >= 15 is 0 Å². The second-order valence-corrected chi connectivity index (χ2v) is 4.24. The Morgan fingerprint density at radius 1 is 0.944 bits per heavy atom. The van der Waals surface area contributed by atoms with Gasteiger partial charge in [-0.05, 0) is 36.1 Å². The highest BCUT2D eigenvalue weighted by Crippen LogP contribution is 2.21. The minimum Gasteiger partial charge on any atom is -0.388 e. The summed E-state index contributed by atoms with van der Waals surface area (Å²) in [7, 11) is 0. The van der Waals surface area contributed by atoms with Gasteiger partial charge < -0.3 is 5.11 Å². The predicted octanol–water partition coefficient (Wildman–Crippen LogP) is 3.63. The van der Waals surface area contributed by atoms with E-state index in [2.05, 4.69) is 0 Å². The van der Waals surface area contributed by atoms with Crippen LogP contribution in [0.1, 0.15) is 23.7 Å². The van der Waals surface area contributed by atoms with Crippen LogP contribution < -0.4 is 0 Å². The largest absolute Gasteiger partial charge is 0.388 e. The maximum atomic E-state index is 13.0. The van der Waals surface area contributed by atoms with E-state index in [0.29, 0.717) is 12.8 Å². The normalized spacial score (nSPS) is 12.4. The zero-order chi connectivity index (χ0) is 13.0. The van der Waals surface area contributed by atoms with Crippen LogP contribution >= 0.6 is 0 Å². The van der Waals surface area contributed by atoms with E-state index in [9.17, 15) is 13.9 Å². The van der Waals surface area contributed by atoms with E-state index in [1.807, 2.05) is 30.3 Å². The molecule has 1 unspecified atom stereocenters. The predicted molar refractivity (Wildman–Crippen MR) is 66.1 cm³/mol. The molecule has 3 heteroatoms. The van der Waals surface area contributed by atoms with Crippen LogP contribution in [0.25, 0.3) is 0 Å². The van der Waals surface area contributed by atoms with E-state index in [4.69, 9.17) is 0 Å². The van der Waals surface area contributed by atoms with E-state index in [1.165, 1.54) is 12.1 Å². The molecule has 0 aliphatic carbocycles. The lowest BCUT2D eigenvalue weighted by Crippen LogP contribution is -2.01. The summed E-state index contributed by atoms with van der Waals surface area (Å²) in [6, 6.07) is 12.8. The third-order valence-electron chi connectivity index (χ3n) is 2.82. The number of aliphatic hydroxyl groups excluding tert-OH is 1. The van der Waals surface area contributed by atoms with Crippen molar-refractivity contribution in [3.63, 3.8) is 0 Å². The van der Waals surface area contributed by atoms with E-state index < -0.39 is 17.7 Å². The van der Waals surface area contributed by atoms with Gasteiger partial charge in [0.05, 0.1) is 6.10 Å². The van der Waals surface area contributed by atoms with Gasteiger partial charge in [-0.3, -0.25) is 0 Å². The zero-order valence-electron chi connectivity index (χ0n) is 9.81. The second-order valence-electron chi connectivity index (χ2n) is 4.24. The Labute approximate surface area is 105 Å². The van der Waals surface area contributed by atoms with E-state index in [0.717, 1.165) is 11.6 Å². The Bertz CT molecular complexity index is 491.